The molecule has 0 heterocycles. The lowest BCUT2D eigenvalue weighted by molar-refractivity contribution is -0.143. The summed E-state index contributed by atoms with van der Waals surface area (Å²) in [5.74, 6) is -1.34. The molecule has 0 spiro atoms. The van der Waals surface area contributed by atoms with Gasteiger partial charge < -0.3 is 9.47 Å². The Bertz CT molecular complexity index is 597. The highest BCUT2D eigenvalue weighted by atomic mass is 35.5. The summed E-state index contributed by atoms with van der Waals surface area (Å²) in [6, 6.07) is 2.92. The lowest BCUT2D eigenvalue weighted by Crippen LogP contribution is -2.23. The van der Waals surface area contributed by atoms with E-state index in [1.54, 1.807) is 13.8 Å². The topological polar surface area (TPSA) is 77.0 Å². The van der Waals surface area contributed by atoms with E-state index >= 15 is 0 Å². The Kier molecular flexibility index (Phi) is 8.16. The molecule has 9 heteroatoms. The fraction of sp³-hybridized carbons (Fsp3) is 0.357. The molecule has 126 valence electrons. The van der Waals surface area contributed by atoms with Gasteiger partial charge in [-0.1, -0.05) is 34.8 Å². The van der Waals surface area contributed by atoms with Gasteiger partial charge in [-0.3, -0.25) is 10.2 Å². The molecule has 1 aromatic carbocycles. The summed E-state index contributed by atoms with van der Waals surface area (Å²) in [7, 11) is 0. The van der Waals surface area contributed by atoms with Gasteiger partial charge in [0.25, 0.3) is 0 Å². The van der Waals surface area contributed by atoms with Crippen LogP contribution in [0.5, 0.6) is 0 Å². The van der Waals surface area contributed by atoms with Crippen LogP contribution in [-0.4, -0.2) is 30.9 Å². The predicted molar refractivity (Wildman–Crippen MR) is 90.4 cm³/mol. The zero-order chi connectivity index (χ0) is 17.4. The maximum Gasteiger partial charge on any atom is 0.355 e. The van der Waals surface area contributed by atoms with E-state index in [1.165, 1.54) is 12.1 Å². The van der Waals surface area contributed by atoms with E-state index < -0.39 is 11.9 Å². The van der Waals surface area contributed by atoms with Gasteiger partial charge in [0.05, 0.1) is 35.4 Å². The number of esters is 2. The molecule has 0 aromatic heterocycles. The van der Waals surface area contributed by atoms with Gasteiger partial charge in [-0.15, -0.1) is 0 Å². The second-order valence-corrected chi connectivity index (χ2v) is 5.37. The standard InChI is InChI=1S/C14H15Cl3N2O4/c1-3-22-12(20)7-11(14(21)23-4-2)18-19-13-9(16)5-8(15)6-10(13)17/h5-6,19H,3-4,7H2,1-2H3/b18-11-. The van der Waals surface area contributed by atoms with E-state index in [4.69, 9.17) is 44.3 Å². The van der Waals surface area contributed by atoms with Gasteiger partial charge in [0, 0.05) is 5.02 Å². The minimum Gasteiger partial charge on any atom is -0.466 e. The van der Waals surface area contributed by atoms with Gasteiger partial charge in [-0.25, -0.2) is 4.79 Å². The van der Waals surface area contributed by atoms with Crippen LogP contribution in [0.15, 0.2) is 17.2 Å². The Morgan fingerprint density at radius 3 is 2.17 bits per heavy atom. The number of anilines is 1. The van der Waals surface area contributed by atoms with Crippen LogP contribution in [-0.2, 0) is 19.1 Å². The Balaban J connectivity index is 3.00. The van der Waals surface area contributed by atoms with Crippen molar-refractivity contribution < 1.29 is 19.1 Å². The fourth-order valence-corrected chi connectivity index (χ4v) is 2.39. The first-order valence-electron chi connectivity index (χ1n) is 6.68. The zero-order valence-electron chi connectivity index (χ0n) is 12.5. The van der Waals surface area contributed by atoms with Crippen molar-refractivity contribution >= 4 is 58.1 Å². The van der Waals surface area contributed by atoms with Gasteiger partial charge in [-0.2, -0.15) is 5.10 Å². The smallest absolute Gasteiger partial charge is 0.355 e. The van der Waals surface area contributed by atoms with Crippen LogP contribution in [0, 0.1) is 0 Å². The average Bonchev–Trinajstić information content (AvgIpc) is 2.45. The van der Waals surface area contributed by atoms with E-state index in [-0.39, 0.29) is 41.1 Å². The summed E-state index contributed by atoms with van der Waals surface area (Å²) in [6.07, 6.45) is -0.345. The number of halogens is 3. The largest absolute Gasteiger partial charge is 0.466 e. The van der Waals surface area contributed by atoms with E-state index in [2.05, 4.69) is 10.5 Å². The number of carbonyl (C=O) groups is 2. The van der Waals surface area contributed by atoms with Crippen molar-refractivity contribution in [2.24, 2.45) is 5.10 Å². The molecule has 0 saturated carbocycles. The zero-order valence-corrected chi connectivity index (χ0v) is 14.8. The Morgan fingerprint density at radius 1 is 1.09 bits per heavy atom. The van der Waals surface area contributed by atoms with E-state index in [1.807, 2.05) is 0 Å². The monoisotopic (exact) mass is 380 g/mol. The highest BCUT2D eigenvalue weighted by Crippen LogP contribution is 2.33. The molecule has 0 radical (unpaired) electrons. The van der Waals surface area contributed by atoms with Crippen molar-refractivity contribution in [3.8, 4) is 0 Å². The summed E-state index contributed by atoms with van der Waals surface area (Å²) in [5.41, 5.74) is 2.65. The first-order valence-corrected chi connectivity index (χ1v) is 7.82. The SMILES string of the molecule is CCOC(=O)C/C(=N/Nc1c(Cl)cc(Cl)cc1Cl)C(=O)OCC. The number of benzene rings is 1. The summed E-state index contributed by atoms with van der Waals surface area (Å²) < 4.78 is 9.64. The first kappa shape index (κ1) is 19.5. The lowest BCUT2D eigenvalue weighted by atomic mass is 10.3. The minimum atomic E-state index is -0.741. The van der Waals surface area contributed by atoms with Crippen LogP contribution >= 0.6 is 34.8 Å². The molecule has 23 heavy (non-hydrogen) atoms. The summed E-state index contributed by atoms with van der Waals surface area (Å²) in [4.78, 5) is 23.4. The fourth-order valence-electron chi connectivity index (χ4n) is 1.49. The number of nitrogens with zero attached hydrogens (tertiary/aromatic N) is 1. The highest BCUT2D eigenvalue weighted by Gasteiger charge is 2.19. The van der Waals surface area contributed by atoms with Gasteiger partial charge in [0.2, 0.25) is 0 Å². The van der Waals surface area contributed by atoms with Crippen LogP contribution in [0.3, 0.4) is 0 Å². The van der Waals surface area contributed by atoms with E-state index in [0.29, 0.717) is 5.02 Å². The Morgan fingerprint density at radius 2 is 1.65 bits per heavy atom. The van der Waals surface area contributed by atoms with Crippen molar-refractivity contribution in [1.82, 2.24) is 0 Å². The highest BCUT2D eigenvalue weighted by molar-refractivity contribution is 6.42. The predicted octanol–water partition coefficient (Wildman–Crippen LogP) is 3.93. The van der Waals surface area contributed by atoms with Gasteiger partial charge in [0.15, 0.2) is 5.71 Å². The number of hydrogen-bond donors (Lipinski definition) is 1. The summed E-state index contributed by atoms with van der Waals surface area (Å²) in [5, 5.41) is 4.65. The Labute approximate surface area is 148 Å². The van der Waals surface area contributed by atoms with E-state index in [9.17, 15) is 9.59 Å². The molecule has 0 unspecified atom stereocenters. The number of hydrazone groups is 1. The molecule has 6 nitrogen and oxygen atoms in total. The lowest BCUT2D eigenvalue weighted by Gasteiger charge is -2.09. The van der Waals surface area contributed by atoms with Crippen LogP contribution in [0.4, 0.5) is 5.69 Å². The maximum absolute atomic E-state index is 11.8. The van der Waals surface area contributed by atoms with Crippen molar-refractivity contribution in [3.63, 3.8) is 0 Å². The number of carbonyl (C=O) groups excluding carboxylic acids is 2. The van der Waals surface area contributed by atoms with Gasteiger partial charge in [0.1, 0.15) is 0 Å². The number of hydrogen-bond acceptors (Lipinski definition) is 6. The molecule has 0 aliphatic rings. The minimum absolute atomic E-state index is 0.142. The van der Waals surface area contributed by atoms with Gasteiger partial charge >= 0.3 is 11.9 Å². The number of ether oxygens (including phenoxy) is 2. The third-order valence-electron chi connectivity index (χ3n) is 2.44. The van der Waals surface area contributed by atoms with E-state index in [0.717, 1.165) is 0 Å². The molecule has 0 saturated heterocycles. The first-order chi connectivity index (χ1) is 10.9. The second-order valence-electron chi connectivity index (χ2n) is 4.12. The molecule has 1 N–H and O–H groups in total. The van der Waals surface area contributed by atoms with Crippen LogP contribution < -0.4 is 5.43 Å². The molecular formula is C14H15Cl3N2O4. The normalized spacial score (nSPS) is 11.1. The Hall–Kier alpha value is -1.50. The van der Waals surface area contributed by atoms with Crippen LogP contribution in [0.1, 0.15) is 20.3 Å². The van der Waals surface area contributed by atoms with Crippen LogP contribution in [0.25, 0.3) is 0 Å². The molecule has 0 bridgehead atoms. The molecule has 1 rings (SSSR count). The molecule has 1 aromatic rings. The molecular weight excluding hydrogens is 367 g/mol. The molecule has 0 amide bonds. The molecule has 0 aliphatic heterocycles. The second kappa shape index (κ2) is 9.60. The third kappa shape index (κ3) is 6.25. The van der Waals surface area contributed by atoms with Crippen molar-refractivity contribution in [2.45, 2.75) is 20.3 Å². The molecule has 0 aliphatic carbocycles. The van der Waals surface area contributed by atoms with Crippen molar-refractivity contribution in [1.29, 1.82) is 0 Å². The third-order valence-corrected chi connectivity index (χ3v) is 3.25. The summed E-state index contributed by atoms with van der Waals surface area (Å²) >= 11 is 17.8. The van der Waals surface area contributed by atoms with Crippen molar-refractivity contribution in [2.75, 3.05) is 18.6 Å². The van der Waals surface area contributed by atoms with Crippen LogP contribution in [0.2, 0.25) is 15.1 Å². The quantitative estimate of drug-likeness (QED) is 0.440. The van der Waals surface area contributed by atoms with Crippen molar-refractivity contribution in [3.05, 3.63) is 27.2 Å². The van der Waals surface area contributed by atoms with Gasteiger partial charge in [-0.05, 0) is 26.0 Å². The number of rotatable bonds is 7. The molecule has 0 fully saturated rings. The summed E-state index contributed by atoms with van der Waals surface area (Å²) in [6.45, 7) is 3.63. The maximum atomic E-state index is 11.8. The average molecular weight is 382 g/mol. The molecule has 0 atom stereocenters. The number of nitrogens with one attached hydrogen (secondary N) is 1.